The number of benzene rings is 7. The van der Waals surface area contributed by atoms with Crippen LogP contribution < -0.4 is 0 Å². The first kappa shape index (κ1) is 30.1. The van der Waals surface area contributed by atoms with Crippen LogP contribution in [0.1, 0.15) is 0 Å². The third-order valence-electron chi connectivity index (χ3n) is 9.91. The van der Waals surface area contributed by atoms with Crippen LogP contribution in [0.15, 0.2) is 164 Å². The van der Waals surface area contributed by atoms with E-state index in [2.05, 4.69) is 144 Å². The number of hydrogen-bond acceptors (Lipinski definition) is 6. The highest BCUT2D eigenvalue weighted by Gasteiger charge is 2.20. The van der Waals surface area contributed by atoms with Gasteiger partial charge in [0.25, 0.3) is 0 Å². The summed E-state index contributed by atoms with van der Waals surface area (Å²) in [5, 5.41) is 5.77. The molecule has 0 amide bonds. The van der Waals surface area contributed by atoms with Gasteiger partial charge in [-0.05, 0) is 59.7 Å². The minimum atomic E-state index is 0.597. The molecule has 0 radical (unpaired) electrons. The summed E-state index contributed by atoms with van der Waals surface area (Å²) < 4.78 is 5.74. The molecule has 0 N–H and O–H groups in total. The van der Waals surface area contributed by atoms with E-state index in [0.29, 0.717) is 17.6 Å². The van der Waals surface area contributed by atoms with Gasteiger partial charge in [0.1, 0.15) is 5.01 Å². The fraction of sp³-hybridized carbons (Fsp3) is 0. The lowest BCUT2D eigenvalue weighted by molar-refractivity contribution is 0.954. The molecule has 248 valence electrons. The number of aromatic nitrogens is 5. The molecule has 7 aromatic carbocycles. The molecule has 0 fully saturated rings. The van der Waals surface area contributed by atoms with Crippen LogP contribution >= 0.6 is 22.7 Å². The zero-order valence-corrected chi connectivity index (χ0v) is 29.8. The SMILES string of the molecule is c1ccc(-c2nc(-c3cccc4c3sc3ccc(-c5cccc(-c6nc7ccccc7s6)c5)cc34)nc(-n3c4ccccc4c4ccccc43)n2)cc1. The van der Waals surface area contributed by atoms with Crippen LogP contribution in [0, 0.1) is 0 Å². The van der Waals surface area contributed by atoms with Gasteiger partial charge >= 0.3 is 0 Å². The maximum atomic E-state index is 5.25. The summed E-state index contributed by atoms with van der Waals surface area (Å²) >= 11 is 3.52. The lowest BCUT2D eigenvalue weighted by Gasteiger charge is -2.11. The van der Waals surface area contributed by atoms with Crippen LogP contribution in [0.25, 0.3) is 103 Å². The first-order valence-electron chi connectivity index (χ1n) is 17.5. The van der Waals surface area contributed by atoms with Crippen LogP contribution in [0.2, 0.25) is 0 Å². The highest BCUT2D eigenvalue weighted by atomic mass is 32.1. The average molecular weight is 714 g/mol. The maximum Gasteiger partial charge on any atom is 0.238 e. The summed E-state index contributed by atoms with van der Waals surface area (Å²) in [6, 6.07) is 57.4. The van der Waals surface area contributed by atoms with Crippen LogP contribution in [-0.4, -0.2) is 24.5 Å². The molecular weight excluding hydrogens is 687 g/mol. The van der Waals surface area contributed by atoms with E-state index in [1.165, 1.54) is 42.1 Å². The van der Waals surface area contributed by atoms with Gasteiger partial charge in [0.05, 0.1) is 21.3 Å². The molecular formula is C46H27N5S2. The number of fused-ring (bicyclic) bond motifs is 7. The number of thiazole rings is 1. The van der Waals surface area contributed by atoms with Gasteiger partial charge in [-0.15, -0.1) is 22.7 Å². The Labute approximate surface area is 312 Å². The first-order valence-corrected chi connectivity index (χ1v) is 19.1. The molecule has 5 nitrogen and oxygen atoms in total. The van der Waals surface area contributed by atoms with Crippen molar-refractivity contribution in [1.82, 2.24) is 24.5 Å². The summed E-state index contributed by atoms with van der Waals surface area (Å²) in [7, 11) is 0. The highest BCUT2D eigenvalue weighted by molar-refractivity contribution is 7.26. The Morgan fingerprint density at radius 1 is 0.396 bits per heavy atom. The largest absolute Gasteiger partial charge is 0.278 e. The van der Waals surface area contributed by atoms with Gasteiger partial charge in [0.2, 0.25) is 5.95 Å². The molecule has 53 heavy (non-hydrogen) atoms. The molecule has 0 aliphatic heterocycles. The number of rotatable bonds is 5. The van der Waals surface area contributed by atoms with Crippen molar-refractivity contribution in [2.75, 3.05) is 0 Å². The van der Waals surface area contributed by atoms with Crippen molar-refractivity contribution in [2.24, 2.45) is 0 Å². The topological polar surface area (TPSA) is 56.5 Å². The van der Waals surface area contributed by atoms with E-state index < -0.39 is 0 Å². The summed E-state index contributed by atoms with van der Waals surface area (Å²) in [6.07, 6.45) is 0. The number of hydrogen-bond donors (Lipinski definition) is 0. The fourth-order valence-electron chi connectivity index (χ4n) is 7.42. The van der Waals surface area contributed by atoms with E-state index in [1.54, 1.807) is 22.7 Å². The maximum absolute atomic E-state index is 5.25. The van der Waals surface area contributed by atoms with Crippen LogP contribution in [-0.2, 0) is 0 Å². The zero-order valence-electron chi connectivity index (χ0n) is 28.1. The summed E-state index contributed by atoms with van der Waals surface area (Å²) in [5.74, 6) is 1.89. The minimum Gasteiger partial charge on any atom is -0.278 e. The summed E-state index contributed by atoms with van der Waals surface area (Å²) in [4.78, 5) is 20.4. The van der Waals surface area contributed by atoms with Crippen molar-refractivity contribution >= 4 is 74.9 Å². The third-order valence-corrected chi connectivity index (χ3v) is 12.2. The summed E-state index contributed by atoms with van der Waals surface area (Å²) in [5.41, 5.74) is 8.56. The molecule has 0 saturated heterocycles. The van der Waals surface area contributed by atoms with E-state index in [-0.39, 0.29) is 0 Å². The summed E-state index contributed by atoms with van der Waals surface area (Å²) in [6.45, 7) is 0. The van der Waals surface area contributed by atoms with Gasteiger partial charge in [-0.1, -0.05) is 115 Å². The Kier molecular flexibility index (Phi) is 6.83. The Morgan fingerprint density at radius 3 is 1.89 bits per heavy atom. The molecule has 11 aromatic rings. The van der Waals surface area contributed by atoms with Crippen molar-refractivity contribution in [2.45, 2.75) is 0 Å². The van der Waals surface area contributed by atoms with E-state index in [1.807, 2.05) is 24.3 Å². The predicted molar refractivity (Wildman–Crippen MR) is 222 cm³/mol. The molecule has 0 unspecified atom stereocenters. The fourth-order valence-corrected chi connectivity index (χ4v) is 9.58. The molecule has 11 rings (SSSR count). The van der Waals surface area contributed by atoms with Crippen LogP contribution in [0.4, 0.5) is 0 Å². The Balaban J connectivity index is 1.08. The molecule has 0 bridgehead atoms. The standard InChI is InChI=1S/C46H27N5S2/c1-2-12-28(13-3-1)43-48-44(50-46(49-43)51-38-21-7-4-16-32(38)33-17-5-8-22-39(33)51)35-19-11-18-34-36-27-30(24-25-40(36)52-42(34)35)29-14-10-15-31(26-29)45-47-37-20-6-9-23-41(37)53-45/h1-27H. The van der Waals surface area contributed by atoms with Crippen LogP contribution in [0.3, 0.4) is 0 Å². The molecule has 0 aliphatic rings. The third kappa shape index (κ3) is 4.97. The van der Waals surface area contributed by atoms with Crippen molar-refractivity contribution in [3.8, 4) is 50.4 Å². The number of nitrogens with zero attached hydrogens (tertiary/aromatic N) is 5. The lowest BCUT2D eigenvalue weighted by Crippen LogP contribution is -2.06. The van der Waals surface area contributed by atoms with E-state index in [9.17, 15) is 0 Å². The van der Waals surface area contributed by atoms with E-state index in [0.717, 1.165) is 42.9 Å². The normalized spacial score (nSPS) is 11.8. The smallest absolute Gasteiger partial charge is 0.238 e. The van der Waals surface area contributed by atoms with Gasteiger partial charge in [-0.25, -0.2) is 9.97 Å². The Bertz CT molecular complexity index is 3110. The molecule has 4 heterocycles. The second-order valence-electron chi connectivity index (χ2n) is 13.1. The van der Waals surface area contributed by atoms with Crippen LogP contribution in [0.5, 0.6) is 0 Å². The molecule has 4 aromatic heterocycles. The van der Waals surface area contributed by atoms with Crippen molar-refractivity contribution in [3.63, 3.8) is 0 Å². The first-order chi connectivity index (χ1) is 26.2. The molecule has 0 spiro atoms. The van der Waals surface area contributed by atoms with Crippen molar-refractivity contribution in [1.29, 1.82) is 0 Å². The van der Waals surface area contributed by atoms with Crippen molar-refractivity contribution in [3.05, 3.63) is 164 Å². The Hall–Kier alpha value is -6.54. The van der Waals surface area contributed by atoms with Gasteiger partial charge in [0, 0.05) is 47.6 Å². The van der Waals surface area contributed by atoms with Gasteiger partial charge < -0.3 is 0 Å². The monoisotopic (exact) mass is 713 g/mol. The van der Waals surface area contributed by atoms with Gasteiger partial charge in [-0.2, -0.15) is 9.97 Å². The number of para-hydroxylation sites is 3. The van der Waals surface area contributed by atoms with E-state index in [4.69, 9.17) is 19.9 Å². The molecule has 0 aliphatic carbocycles. The number of thiophene rings is 1. The molecule has 0 atom stereocenters. The second kappa shape index (κ2) is 12.0. The molecule has 7 heteroatoms. The van der Waals surface area contributed by atoms with Gasteiger partial charge in [0.15, 0.2) is 11.6 Å². The second-order valence-corrected chi connectivity index (χ2v) is 15.2. The minimum absolute atomic E-state index is 0.597. The molecule has 0 saturated carbocycles. The zero-order chi connectivity index (χ0) is 34.9. The van der Waals surface area contributed by atoms with E-state index >= 15 is 0 Å². The lowest BCUT2D eigenvalue weighted by atomic mass is 10.0. The highest BCUT2D eigenvalue weighted by Crippen LogP contribution is 2.42. The van der Waals surface area contributed by atoms with Gasteiger partial charge in [-0.3, -0.25) is 4.57 Å². The van der Waals surface area contributed by atoms with Crippen molar-refractivity contribution < 1.29 is 0 Å². The Morgan fingerprint density at radius 2 is 1.06 bits per heavy atom. The quantitative estimate of drug-likeness (QED) is 0.178. The average Bonchev–Trinajstić information content (AvgIpc) is 3.93. The predicted octanol–water partition coefficient (Wildman–Crippen LogP) is 12.6.